The number of aromatic nitrogens is 1. The molecule has 140 valence electrons. The van der Waals surface area contributed by atoms with Gasteiger partial charge >= 0.3 is 0 Å². The molecule has 0 aliphatic rings. The Morgan fingerprint density at radius 1 is 0.926 bits per heavy atom. The molecule has 1 heterocycles. The van der Waals surface area contributed by atoms with E-state index in [1.807, 2.05) is 30.3 Å². The van der Waals surface area contributed by atoms with Gasteiger partial charge in [0.05, 0.1) is 5.69 Å². The molecule has 3 rings (SSSR count). The van der Waals surface area contributed by atoms with Crippen LogP contribution in [0, 0.1) is 11.6 Å². The van der Waals surface area contributed by atoms with E-state index in [0.29, 0.717) is 12.0 Å². The standard InChI is InChI=1S/C22H23F2N3/c23-19-11-17(12-20(24)14-19)13-21(25)7-9-26-15-16-4-3-5-18(10-16)22-6-1-2-8-27-22/h1-6,8,10-12,14,21,26H,7,9,13,15,25H2/t21-/m1/s1. The second kappa shape index (κ2) is 9.35. The highest BCUT2D eigenvalue weighted by Gasteiger charge is 2.07. The molecule has 2 aromatic carbocycles. The molecule has 3 nitrogen and oxygen atoms in total. The summed E-state index contributed by atoms with van der Waals surface area (Å²) in [7, 11) is 0. The normalized spacial score (nSPS) is 12.1. The van der Waals surface area contributed by atoms with Crippen LogP contribution >= 0.6 is 0 Å². The Morgan fingerprint density at radius 2 is 1.74 bits per heavy atom. The number of halogens is 2. The average Bonchev–Trinajstić information content (AvgIpc) is 2.65. The summed E-state index contributed by atoms with van der Waals surface area (Å²) in [5, 5.41) is 3.37. The van der Waals surface area contributed by atoms with Crippen LogP contribution < -0.4 is 11.1 Å². The number of nitrogens with two attached hydrogens (primary N) is 1. The Kier molecular flexibility index (Phi) is 6.63. The molecular weight excluding hydrogens is 344 g/mol. The lowest BCUT2D eigenvalue weighted by atomic mass is 10.0. The van der Waals surface area contributed by atoms with Gasteiger partial charge in [0, 0.05) is 30.4 Å². The number of nitrogens with zero attached hydrogens (tertiary/aromatic N) is 1. The maximum Gasteiger partial charge on any atom is 0.126 e. The highest BCUT2D eigenvalue weighted by atomic mass is 19.1. The minimum atomic E-state index is -0.567. The first kappa shape index (κ1) is 19.1. The molecule has 5 heteroatoms. The molecule has 0 saturated heterocycles. The predicted octanol–water partition coefficient (Wildman–Crippen LogP) is 4.08. The van der Waals surface area contributed by atoms with Gasteiger partial charge in [-0.15, -0.1) is 0 Å². The van der Waals surface area contributed by atoms with Gasteiger partial charge in [-0.25, -0.2) is 8.78 Å². The molecule has 0 fully saturated rings. The molecule has 3 aromatic rings. The van der Waals surface area contributed by atoms with Crippen LogP contribution in [0.25, 0.3) is 11.3 Å². The molecule has 27 heavy (non-hydrogen) atoms. The number of hydrogen-bond donors (Lipinski definition) is 2. The van der Waals surface area contributed by atoms with Crippen LogP contribution in [0.3, 0.4) is 0 Å². The van der Waals surface area contributed by atoms with Gasteiger partial charge < -0.3 is 11.1 Å². The maximum absolute atomic E-state index is 13.2. The lowest BCUT2D eigenvalue weighted by Crippen LogP contribution is -2.28. The molecule has 0 spiro atoms. The van der Waals surface area contributed by atoms with Crippen LogP contribution in [0.15, 0.2) is 66.9 Å². The molecular formula is C22H23F2N3. The van der Waals surface area contributed by atoms with Gasteiger partial charge in [-0.3, -0.25) is 4.98 Å². The third kappa shape index (κ3) is 5.94. The molecule has 0 saturated carbocycles. The predicted molar refractivity (Wildman–Crippen MR) is 104 cm³/mol. The van der Waals surface area contributed by atoms with E-state index < -0.39 is 11.6 Å². The number of rotatable bonds is 8. The highest BCUT2D eigenvalue weighted by molar-refractivity contribution is 5.59. The summed E-state index contributed by atoms with van der Waals surface area (Å²) in [5.74, 6) is -1.13. The largest absolute Gasteiger partial charge is 0.327 e. The highest BCUT2D eigenvalue weighted by Crippen LogP contribution is 2.17. The Hall–Kier alpha value is -2.63. The first-order valence-electron chi connectivity index (χ1n) is 9.02. The topological polar surface area (TPSA) is 50.9 Å². The summed E-state index contributed by atoms with van der Waals surface area (Å²) in [6.07, 6.45) is 2.95. The zero-order valence-corrected chi connectivity index (χ0v) is 15.0. The second-order valence-corrected chi connectivity index (χ2v) is 6.62. The van der Waals surface area contributed by atoms with E-state index in [0.717, 1.165) is 36.8 Å². The summed E-state index contributed by atoms with van der Waals surface area (Å²) in [6.45, 7) is 1.45. The van der Waals surface area contributed by atoms with E-state index >= 15 is 0 Å². The van der Waals surface area contributed by atoms with E-state index in [1.54, 1.807) is 6.20 Å². The summed E-state index contributed by atoms with van der Waals surface area (Å²) in [4.78, 5) is 4.37. The van der Waals surface area contributed by atoms with E-state index in [-0.39, 0.29) is 6.04 Å². The van der Waals surface area contributed by atoms with Crippen LogP contribution in [0.2, 0.25) is 0 Å². The maximum atomic E-state index is 13.2. The Morgan fingerprint density at radius 3 is 2.48 bits per heavy atom. The van der Waals surface area contributed by atoms with Crippen molar-refractivity contribution in [3.63, 3.8) is 0 Å². The number of benzene rings is 2. The number of pyridine rings is 1. The molecule has 0 aliphatic carbocycles. The van der Waals surface area contributed by atoms with Crippen molar-refractivity contribution in [3.8, 4) is 11.3 Å². The van der Waals surface area contributed by atoms with Crippen LogP contribution in [0.4, 0.5) is 8.78 Å². The molecule has 3 N–H and O–H groups in total. The molecule has 0 aliphatic heterocycles. The summed E-state index contributed by atoms with van der Waals surface area (Å²) >= 11 is 0. The van der Waals surface area contributed by atoms with Crippen molar-refractivity contribution in [2.45, 2.75) is 25.4 Å². The summed E-state index contributed by atoms with van der Waals surface area (Å²) < 4.78 is 26.5. The van der Waals surface area contributed by atoms with Gasteiger partial charge in [-0.2, -0.15) is 0 Å². The lowest BCUT2D eigenvalue weighted by Gasteiger charge is -2.13. The second-order valence-electron chi connectivity index (χ2n) is 6.62. The lowest BCUT2D eigenvalue weighted by molar-refractivity contribution is 0.548. The minimum absolute atomic E-state index is 0.154. The zero-order chi connectivity index (χ0) is 19.1. The molecule has 0 unspecified atom stereocenters. The molecule has 1 atom stereocenters. The Labute approximate surface area is 158 Å². The fourth-order valence-corrected chi connectivity index (χ4v) is 3.03. The van der Waals surface area contributed by atoms with E-state index in [4.69, 9.17) is 5.73 Å². The third-order valence-electron chi connectivity index (χ3n) is 4.33. The van der Waals surface area contributed by atoms with Crippen molar-refractivity contribution < 1.29 is 8.78 Å². The minimum Gasteiger partial charge on any atom is -0.327 e. The van der Waals surface area contributed by atoms with Crippen molar-refractivity contribution in [1.29, 1.82) is 0 Å². The van der Waals surface area contributed by atoms with Gasteiger partial charge in [0.1, 0.15) is 11.6 Å². The van der Waals surface area contributed by atoms with Gasteiger partial charge in [-0.1, -0.05) is 24.3 Å². The summed E-state index contributed by atoms with van der Waals surface area (Å²) in [5.41, 5.74) is 9.88. The van der Waals surface area contributed by atoms with Crippen molar-refractivity contribution >= 4 is 0 Å². The number of hydrogen-bond acceptors (Lipinski definition) is 3. The first-order chi connectivity index (χ1) is 13.1. The molecule has 0 amide bonds. The van der Waals surface area contributed by atoms with Crippen LogP contribution in [0.5, 0.6) is 0 Å². The SMILES string of the molecule is N[C@H](CCNCc1cccc(-c2ccccn2)c1)Cc1cc(F)cc(F)c1. The van der Waals surface area contributed by atoms with Crippen molar-refractivity contribution in [2.75, 3.05) is 6.54 Å². The van der Waals surface area contributed by atoms with Gasteiger partial charge in [-0.05, 0) is 60.8 Å². The smallest absolute Gasteiger partial charge is 0.126 e. The van der Waals surface area contributed by atoms with E-state index in [2.05, 4.69) is 22.4 Å². The van der Waals surface area contributed by atoms with Crippen LogP contribution in [-0.2, 0) is 13.0 Å². The Balaban J connectivity index is 1.46. The van der Waals surface area contributed by atoms with Gasteiger partial charge in [0.2, 0.25) is 0 Å². The number of nitrogens with one attached hydrogen (secondary N) is 1. The molecule has 0 bridgehead atoms. The monoisotopic (exact) mass is 367 g/mol. The van der Waals surface area contributed by atoms with Crippen molar-refractivity contribution in [3.05, 3.63) is 89.6 Å². The fourth-order valence-electron chi connectivity index (χ4n) is 3.03. The van der Waals surface area contributed by atoms with Crippen LogP contribution in [-0.4, -0.2) is 17.6 Å². The van der Waals surface area contributed by atoms with E-state index in [1.165, 1.54) is 17.7 Å². The van der Waals surface area contributed by atoms with E-state index in [9.17, 15) is 8.78 Å². The zero-order valence-electron chi connectivity index (χ0n) is 15.0. The Bertz CT molecular complexity index is 848. The van der Waals surface area contributed by atoms with Gasteiger partial charge in [0.25, 0.3) is 0 Å². The fraction of sp³-hybridized carbons (Fsp3) is 0.227. The van der Waals surface area contributed by atoms with Gasteiger partial charge in [0.15, 0.2) is 0 Å². The third-order valence-corrected chi connectivity index (χ3v) is 4.33. The first-order valence-corrected chi connectivity index (χ1v) is 9.02. The molecule has 1 aromatic heterocycles. The quantitative estimate of drug-likeness (QED) is 0.590. The molecule has 0 radical (unpaired) electrons. The van der Waals surface area contributed by atoms with Crippen molar-refractivity contribution in [1.82, 2.24) is 10.3 Å². The van der Waals surface area contributed by atoms with Crippen LogP contribution in [0.1, 0.15) is 17.5 Å². The summed E-state index contributed by atoms with van der Waals surface area (Å²) in [6, 6.07) is 17.5. The van der Waals surface area contributed by atoms with Crippen molar-refractivity contribution in [2.24, 2.45) is 5.73 Å². The average molecular weight is 367 g/mol.